The van der Waals surface area contributed by atoms with Gasteiger partial charge in [0.2, 0.25) is 0 Å². The third kappa shape index (κ3) is 3.89. The average Bonchev–Trinajstić information content (AvgIpc) is 3.20. The number of aliphatic hydroxyl groups excluding tert-OH is 1. The number of nitrogens with zero attached hydrogens (tertiary/aromatic N) is 1. The maximum absolute atomic E-state index is 12.8. The monoisotopic (exact) mass is 348 g/mol. The van der Waals surface area contributed by atoms with Crippen LogP contribution in [0.5, 0.6) is 0 Å². The van der Waals surface area contributed by atoms with E-state index in [1.54, 1.807) is 0 Å². The van der Waals surface area contributed by atoms with Crippen LogP contribution in [0.15, 0.2) is 24.3 Å². The molecule has 0 saturated heterocycles. The number of amides is 2. The van der Waals surface area contributed by atoms with E-state index in [1.165, 1.54) is 17.5 Å². The lowest BCUT2D eigenvalue weighted by Gasteiger charge is -2.30. The fraction of sp³-hybridized carbons (Fsp3) is 0.632. The molecule has 1 aromatic carbocycles. The number of carbonyl (C=O) groups is 1. The van der Waals surface area contributed by atoms with Crippen LogP contribution in [0.3, 0.4) is 0 Å². The van der Waals surface area contributed by atoms with E-state index in [0.717, 1.165) is 31.4 Å². The number of thioether (sulfide) groups is 1. The number of nitrogens with one attached hydrogen (secondary N) is 1. The minimum Gasteiger partial charge on any atom is -0.395 e. The van der Waals surface area contributed by atoms with E-state index < -0.39 is 0 Å². The van der Waals surface area contributed by atoms with Crippen LogP contribution in [-0.4, -0.2) is 46.2 Å². The number of urea groups is 1. The predicted molar refractivity (Wildman–Crippen MR) is 99.4 cm³/mol. The second-order valence-electron chi connectivity index (χ2n) is 6.71. The number of benzene rings is 1. The molecule has 0 aromatic heterocycles. The van der Waals surface area contributed by atoms with E-state index in [2.05, 4.69) is 30.4 Å². The summed E-state index contributed by atoms with van der Waals surface area (Å²) in [6.45, 7) is 2.59. The third-order valence-electron chi connectivity index (χ3n) is 5.19. The Hall–Kier alpha value is -1.20. The smallest absolute Gasteiger partial charge is 0.318 e. The van der Waals surface area contributed by atoms with Gasteiger partial charge in [0.1, 0.15) is 0 Å². The van der Waals surface area contributed by atoms with Crippen molar-refractivity contribution in [3.8, 4) is 0 Å². The van der Waals surface area contributed by atoms with Crippen LogP contribution in [0.4, 0.5) is 4.79 Å². The van der Waals surface area contributed by atoms with E-state index in [9.17, 15) is 9.90 Å². The van der Waals surface area contributed by atoms with Crippen LogP contribution in [0.2, 0.25) is 0 Å². The number of aliphatic hydroxyl groups is 1. The van der Waals surface area contributed by atoms with Gasteiger partial charge in [-0.1, -0.05) is 31.2 Å². The molecule has 2 aliphatic rings. The van der Waals surface area contributed by atoms with Crippen molar-refractivity contribution in [3.63, 3.8) is 0 Å². The van der Waals surface area contributed by atoms with Crippen LogP contribution in [-0.2, 0) is 6.42 Å². The van der Waals surface area contributed by atoms with Gasteiger partial charge in [-0.15, -0.1) is 0 Å². The van der Waals surface area contributed by atoms with Crippen molar-refractivity contribution in [2.45, 2.75) is 56.4 Å². The first-order valence-electron chi connectivity index (χ1n) is 9.10. The zero-order valence-corrected chi connectivity index (χ0v) is 15.2. The Labute approximate surface area is 149 Å². The highest BCUT2D eigenvalue weighted by atomic mass is 32.2. The topological polar surface area (TPSA) is 52.6 Å². The van der Waals surface area contributed by atoms with Crippen molar-refractivity contribution in [3.05, 3.63) is 35.4 Å². The summed E-state index contributed by atoms with van der Waals surface area (Å²) in [7, 11) is 0. The number of rotatable bonds is 6. The normalized spacial score (nSPS) is 25.5. The minimum absolute atomic E-state index is 0.00502. The van der Waals surface area contributed by atoms with E-state index in [0.29, 0.717) is 11.8 Å². The van der Waals surface area contributed by atoms with Crippen molar-refractivity contribution in [2.24, 2.45) is 0 Å². The summed E-state index contributed by atoms with van der Waals surface area (Å²) in [6.07, 6.45) is 5.28. The third-order valence-corrected chi connectivity index (χ3v) is 6.43. The Morgan fingerprint density at radius 2 is 2.17 bits per heavy atom. The van der Waals surface area contributed by atoms with Gasteiger partial charge in [-0.05, 0) is 49.0 Å². The highest BCUT2D eigenvalue weighted by molar-refractivity contribution is 7.99. The molecule has 5 heteroatoms. The molecule has 132 valence electrons. The van der Waals surface area contributed by atoms with Gasteiger partial charge in [-0.3, -0.25) is 0 Å². The van der Waals surface area contributed by atoms with Gasteiger partial charge in [0.15, 0.2) is 0 Å². The lowest BCUT2D eigenvalue weighted by Crippen LogP contribution is -2.46. The molecule has 3 unspecified atom stereocenters. The highest BCUT2D eigenvalue weighted by Gasteiger charge is 2.33. The predicted octanol–water partition coefficient (Wildman–Crippen LogP) is 3.35. The SMILES string of the molecule is CCSC1CCC(NC(=O)N(CCO)C2CCc3ccccc32)C1. The molecular weight excluding hydrogens is 320 g/mol. The number of hydrogen-bond donors (Lipinski definition) is 2. The Morgan fingerprint density at radius 3 is 2.96 bits per heavy atom. The molecular formula is C19H28N2O2S. The maximum Gasteiger partial charge on any atom is 0.318 e. The average molecular weight is 349 g/mol. The first kappa shape index (κ1) is 17.6. The summed E-state index contributed by atoms with van der Waals surface area (Å²) in [5.74, 6) is 1.14. The van der Waals surface area contributed by atoms with Crippen molar-refractivity contribution in [1.82, 2.24) is 10.2 Å². The van der Waals surface area contributed by atoms with E-state index >= 15 is 0 Å². The van der Waals surface area contributed by atoms with Crippen LogP contribution < -0.4 is 5.32 Å². The van der Waals surface area contributed by atoms with Crippen LogP contribution in [0, 0.1) is 0 Å². The molecule has 0 heterocycles. The molecule has 0 bridgehead atoms. The minimum atomic E-state index is -0.0158. The Morgan fingerprint density at radius 1 is 1.33 bits per heavy atom. The molecule has 2 N–H and O–H groups in total. The lowest BCUT2D eigenvalue weighted by atomic mass is 10.1. The molecule has 0 spiro atoms. The van der Waals surface area contributed by atoms with Gasteiger partial charge in [-0.25, -0.2) is 4.79 Å². The van der Waals surface area contributed by atoms with E-state index in [-0.39, 0.29) is 24.7 Å². The summed E-state index contributed by atoms with van der Waals surface area (Å²) < 4.78 is 0. The summed E-state index contributed by atoms with van der Waals surface area (Å²) in [4.78, 5) is 14.7. The maximum atomic E-state index is 12.8. The first-order chi connectivity index (χ1) is 11.7. The molecule has 1 fully saturated rings. The van der Waals surface area contributed by atoms with Gasteiger partial charge >= 0.3 is 6.03 Å². The zero-order chi connectivity index (χ0) is 16.9. The van der Waals surface area contributed by atoms with Gasteiger partial charge < -0.3 is 15.3 Å². The zero-order valence-electron chi connectivity index (χ0n) is 14.4. The van der Waals surface area contributed by atoms with Crippen molar-refractivity contribution in [1.29, 1.82) is 0 Å². The standard InChI is InChI=1S/C19H28N2O2S/c1-2-24-16-9-8-15(13-16)20-19(23)21(11-12-22)18-10-7-14-5-3-4-6-17(14)18/h3-6,15-16,18,22H,2,7-13H2,1H3,(H,20,23). The largest absolute Gasteiger partial charge is 0.395 e. The van der Waals surface area contributed by atoms with Crippen molar-refractivity contribution < 1.29 is 9.90 Å². The van der Waals surface area contributed by atoms with Gasteiger partial charge in [0.25, 0.3) is 0 Å². The molecule has 1 aromatic rings. The number of aryl methyl sites for hydroxylation is 1. The molecule has 2 amide bonds. The fourth-order valence-electron chi connectivity index (χ4n) is 4.08. The van der Waals surface area contributed by atoms with E-state index in [4.69, 9.17) is 0 Å². The van der Waals surface area contributed by atoms with Crippen LogP contribution >= 0.6 is 11.8 Å². The number of carbonyl (C=O) groups excluding carboxylic acids is 1. The summed E-state index contributed by atoms with van der Waals surface area (Å²) in [5.41, 5.74) is 2.57. The highest BCUT2D eigenvalue weighted by Crippen LogP contribution is 2.36. The molecule has 4 nitrogen and oxygen atoms in total. The van der Waals surface area contributed by atoms with E-state index in [1.807, 2.05) is 22.7 Å². The van der Waals surface area contributed by atoms with Crippen LogP contribution in [0.1, 0.15) is 49.8 Å². The molecule has 3 atom stereocenters. The van der Waals surface area contributed by atoms with Crippen molar-refractivity contribution in [2.75, 3.05) is 18.9 Å². The summed E-state index contributed by atoms with van der Waals surface area (Å²) >= 11 is 2.00. The molecule has 0 aliphatic heterocycles. The molecule has 24 heavy (non-hydrogen) atoms. The van der Waals surface area contributed by atoms with Gasteiger partial charge in [0, 0.05) is 17.8 Å². The fourth-order valence-corrected chi connectivity index (χ4v) is 5.22. The van der Waals surface area contributed by atoms with Crippen LogP contribution in [0.25, 0.3) is 0 Å². The Balaban J connectivity index is 1.65. The second kappa shape index (κ2) is 8.26. The molecule has 3 rings (SSSR count). The summed E-state index contributed by atoms with van der Waals surface area (Å²) in [6, 6.07) is 8.72. The Kier molecular flexibility index (Phi) is 6.06. The van der Waals surface area contributed by atoms with Gasteiger partial charge in [-0.2, -0.15) is 11.8 Å². The molecule has 1 saturated carbocycles. The second-order valence-corrected chi connectivity index (χ2v) is 8.28. The summed E-state index contributed by atoms with van der Waals surface area (Å²) in [5, 5.41) is 13.3. The number of hydrogen-bond acceptors (Lipinski definition) is 3. The quantitative estimate of drug-likeness (QED) is 0.829. The van der Waals surface area contributed by atoms with Gasteiger partial charge in [0.05, 0.1) is 12.6 Å². The first-order valence-corrected chi connectivity index (χ1v) is 10.1. The molecule has 0 radical (unpaired) electrons. The van der Waals surface area contributed by atoms with Crippen molar-refractivity contribution >= 4 is 17.8 Å². The molecule has 2 aliphatic carbocycles. The Bertz CT molecular complexity index is 566. The number of fused-ring (bicyclic) bond motifs is 1. The lowest BCUT2D eigenvalue weighted by molar-refractivity contribution is 0.149.